The SMILES string of the molecule is CCNP(=O)(CC#N)OCC. The van der Waals surface area contributed by atoms with Gasteiger partial charge in [0, 0.05) is 6.54 Å². The normalized spacial score (nSPS) is 15.4. The molecule has 4 nitrogen and oxygen atoms in total. The lowest BCUT2D eigenvalue weighted by atomic mass is 10.8. The Hall–Kier alpha value is -0.360. The predicted molar refractivity (Wildman–Crippen MR) is 43.4 cm³/mol. The lowest BCUT2D eigenvalue weighted by Crippen LogP contribution is -2.13. The molecule has 0 aliphatic heterocycles. The standard InChI is InChI=1S/C6H13N2O2P/c1-3-8-11(9,6-5-7)10-4-2/h3-4,6H2,1-2H3,(H,8,9). The maximum Gasteiger partial charge on any atom is 0.283 e. The third-order valence-corrected chi connectivity index (χ3v) is 3.05. The Balaban J connectivity index is 4.04. The Kier molecular flexibility index (Phi) is 5.14. The van der Waals surface area contributed by atoms with Crippen molar-refractivity contribution in [3.63, 3.8) is 0 Å². The molecule has 0 aliphatic carbocycles. The van der Waals surface area contributed by atoms with Gasteiger partial charge in [-0.15, -0.1) is 0 Å². The molecule has 0 heterocycles. The van der Waals surface area contributed by atoms with E-state index < -0.39 is 7.52 Å². The van der Waals surface area contributed by atoms with E-state index >= 15 is 0 Å². The minimum absolute atomic E-state index is 0.0608. The Morgan fingerprint density at radius 2 is 2.27 bits per heavy atom. The summed E-state index contributed by atoms with van der Waals surface area (Å²) in [6.45, 7) is 4.50. The van der Waals surface area contributed by atoms with Crippen LogP contribution in [0.25, 0.3) is 0 Å². The maximum atomic E-state index is 11.5. The highest BCUT2D eigenvalue weighted by Gasteiger charge is 2.19. The van der Waals surface area contributed by atoms with Crippen LogP contribution in [0.15, 0.2) is 0 Å². The minimum Gasteiger partial charge on any atom is -0.317 e. The van der Waals surface area contributed by atoms with E-state index in [4.69, 9.17) is 9.79 Å². The summed E-state index contributed by atoms with van der Waals surface area (Å²) in [5.41, 5.74) is 0. The zero-order valence-corrected chi connectivity index (χ0v) is 7.73. The van der Waals surface area contributed by atoms with Crippen LogP contribution in [-0.2, 0) is 9.09 Å². The largest absolute Gasteiger partial charge is 0.317 e. The molecule has 64 valence electrons. The zero-order chi connectivity index (χ0) is 8.74. The van der Waals surface area contributed by atoms with Gasteiger partial charge in [0.1, 0.15) is 6.16 Å². The fourth-order valence-electron chi connectivity index (χ4n) is 0.690. The zero-order valence-electron chi connectivity index (χ0n) is 6.83. The van der Waals surface area contributed by atoms with Crippen molar-refractivity contribution in [3.8, 4) is 6.07 Å². The van der Waals surface area contributed by atoms with Crippen molar-refractivity contribution in [1.29, 1.82) is 5.26 Å². The molecule has 1 unspecified atom stereocenters. The molecule has 5 heteroatoms. The van der Waals surface area contributed by atoms with Crippen molar-refractivity contribution in [1.82, 2.24) is 5.09 Å². The number of hydrogen-bond acceptors (Lipinski definition) is 3. The molecule has 0 aromatic heterocycles. The summed E-state index contributed by atoms with van der Waals surface area (Å²) < 4.78 is 16.4. The van der Waals surface area contributed by atoms with E-state index in [1.54, 1.807) is 6.92 Å². The highest BCUT2D eigenvalue weighted by atomic mass is 31.2. The minimum atomic E-state index is -2.83. The van der Waals surface area contributed by atoms with Gasteiger partial charge in [-0.1, -0.05) is 6.92 Å². The average molecular weight is 176 g/mol. The highest BCUT2D eigenvalue weighted by molar-refractivity contribution is 7.57. The summed E-state index contributed by atoms with van der Waals surface area (Å²) in [6, 6.07) is 1.83. The molecular formula is C6H13N2O2P. The number of nitrogens with zero attached hydrogens (tertiary/aromatic N) is 1. The molecule has 1 N–H and O–H groups in total. The van der Waals surface area contributed by atoms with Gasteiger partial charge in [-0.2, -0.15) is 5.26 Å². The van der Waals surface area contributed by atoms with Crippen LogP contribution in [0.2, 0.25) is 0 Å². The summed E-state index contributed by atoms with van der Waals surface area (Å²) in [6.07, 6.45) is -0.0608. The molecule has 0 bridgehead atoms. The van der Waals surface area contributed by atoms with Gasteiger partial charge < -0.3 is 4.52 Å². The topological polar surface area (TPSA) is 62.1 Å². The Morgan fingerprint density at radius 1 is 1.64 bits per heavy atom. The van der Waals surface area contributed by atoms with E-state index in [1.807, 2.05) is 13.0 Å². The number of nitrogens with one attached hydrogen (secondary N) is 1. The lowest BCUT2D eigenvalue weighted by molar-refractivity contribution is 0.327. The van der Waals surface area contributed by atoms with Crippen LogP contribution >= 0.6 is 7.52 Å². The highest BCUT2D eigenvalue weighted by Crippen LogP contribution is 2.40. The first-order valence-electron chi connectivity index (χ1n) is 3.54. The molecule has 0 spiro atoms. The summed E-state index contributed by atoms with van der Waals surface area (Å²) in [7, 11) is -2.83. The molecule has 0 fully saturated rings. The summed E-state index contributed by atoms with van der Waals surface area (Å²) >= 11 is 0. The van der Waals surface area contributed by atoms with Crippen LogP contribution in [0.1, 0.15) is 13.8 Å². The second kappa shape index (κ2) is 5.31. The Labute approximate surface area is 67.1 Å². The van der Waals surface area contributed by atoms with Gasteiger partial charge in [0.05, 0.1) is 12.7 Å². The maximum absolute atomic E-state index is 11.5. The number of nitriles is 1. The number of hydrogen-bond donors (Lipinski definition) is 1. The first-order valence-corrected chi connectivity index (χ1v) is 5.35. The van der Waals surface area contributed by atoms with Crippen LogP contribution in [0.3, 0.4) is 0 Å². The smallest absolute Gasteiger partial charge is 0.283 e. The molecule has 0 aliphatic rings. The van der Waals surface area contributed by atoms with Crippen LogP contribution in [0.4, 0.5) is 0 Å². The fraction of sp³-hybridized carbons (Fsp3) is 0.833. The third-order valence-electron chi connectivity index (χ3n) is 1.02. The molecule has 0 aromatic rings. The molecule has 1 atom stereocenters. The average Bonchev–Trinajstić information content (AvgIpc) is 1.88. The first-order chi connectivity index (χ1) is 5.18. The lowest BCUT2D eigenvalue weighted by Gasteiger charge is -2.13. The second-order valence-corrected chi connectivity index (χ2v) is 4.16. The van der Waals surface area contributed by atoms with Crippen LogP contribution in [0, 0.1) is 11.3 Å². The van der Waals surface area contributed by atoms with E-state index in [0.29, 0.717) is 13.2 Å². The Bertz CT molecular complexity index is 178. The van der Waals surface area contributed by atoms with Crippen LogP contribution in [0.5, 0.6) is 0 Å². The molecular weight excluding hydrogens is 163 g/mol. The predicted octanol–water partition coefficient (Wildman–Crippen LogP) is 1.35. The summed E-state index contributed by atoms with van der Waals surface area (Å²) in [4.78, 5) is 0. The van der Waals surface area contributed by atoms with Gasteiger partial charge in [-0.25, -0.2) is 5.09 Å². The van der Waals surface area contributed by atoms with Gasteiger partial charge in [0.15, 0.2) is 0 Å². The van der Waals surface area contributed by atoms with Gasteiger partial charge in [0.2, 0.25) is 0 Å². The van der Waals surface area contributed by atoms with Gasteiger partial charge in [0.25, 0.3) is 7.52 Å². The van der Waals surface area contributed by atoms with Crippen LogP contribution < -0.4 is 5.09 Å². The molecule has 0 radical (unpaired) electrons. The fourth-order valence-corrected chi connectivity index (χ4v) is 2.07. The molecule has 0 saturated carbocycles. The second-order valence-electron chi connectivity index (χ2n) is 1.92. The molecule has 11 heavy (non-hydrogen) atoms. The molecule has 0 amide bonds. The molecule has 0 aromatic carbocycles. The van der Waals surface area contributed by atoms with Crippen molar-refractivity contribution in [3.05, 3.63) is 0 Å². The quantitative estimate of drug-likeness (QED) is 0.642. The van der Waals surface area contributed by atoms with E-state index in [-0.39, 0.29) is 6.16 Å². The van der Waals surface area contributed by atoms with Crippen molar-refractivity contribution in [2.24, 2.45) is 0 Å². The molecule has 0 rings (SSSR count). The Morgan fingerprint density at radius 3 is 2.64 bits per heavy atom. The summed E-state index contributed by atoms with van der Waals surface area (Å²) in [5, 5.41) is 11.0. The number of rotatable bonds is 5. The van der Waals surface area contributed by atoms with Crippen LogP contribution in [-0.4, -0.2) is 19.3 Å². The van der Waals surface area contributed by atoms with Crippen molar-refractivity contribution in [2.75, 3.05) is 19.3 Å². The van der Waals surface area contributed by atoms with E-state index in [1.165, 1.54) is 0 Å². The van der Waals surface area contributed by atoms with Gasteiger partial charge >= 0.3 is 0 Å². The summed E-state index contributed by atoms with van der Waals surface area (Å²) in [5.74, 6) is 0. The monoisotopic (exact) mass is 176 g/mol. The van der Waals surface area contributed by atoms with E-state index in [0.717, 1.165) is 0 Å². The van der Waals surface area contributed by atoms with Gasteiger partial charge in [-0.3, -0.25) is 4.57 Å². The van der Waals surface area contributed by atoms with Crippen molar-refractivity contribution < 1.29 is 9.09 Å². The van der Waals surface area contributed by atoms with Gasteiger partial charge in [-0.05, 0) is 6.92 Å². The molecule has 0 saturated heterocycles. The van der Waals surface area contributed by atoms with E-state index in [2.05, 4.69) is 5.09 Å². The van der Waals surface area contributed by atoms with E-state index in [9.17, 15) is 4.57 Å². The van der Waals surface area contributed by atoms with Crippen molar-refractivity contribution >= 4 is 7.52 Å². The van der Waals surface area contributed by atoms with Crippen molar-refractivity contribution in [2.45, 2.75) is 13.8 Å². The first kappa shape index (κ1) is 10.6. The third kappa shape index (κ3) is 4.15.